The van der Waals surface area contributed by atoms with Gasteiger partial charge in [-0.15, -0.1) is 0 Å². The summed E-state index contributed by atoms with van der Waals surface area (Å²) in [7, 11) is 0. The van der Waals surface area contributed by atoms with E-state index < -0.39 is 0 Å². The van der Waals surface area contributed by atoms with Crippen LogP contribution in [0.1, 0.15) is 11.3 Å². The van der Waals surface area contributed by atoms with Crippen molar-refractivity contribution < 1.29 is 0 Å². The lowest BCUT2D eigenvalue weighted by Gasteiger charge is -2.15. The minimum Gasteiger partial charge on any atom is -0.269 e. The number of para-hydroxylation sites is 1. The van der Waals surface area contributed by atoms with Crippen LogP contribution in [0.3, 0.4) is 0 Å². The van der Waals surface area contributed by atoms with Crippen molar-refractivity contribution in [2.45, 2.75) is 17.8 Å². The highest BCUT2D eigenvalue weighted by atomic mass is 35.5. The average Bonchev–Trinajstić information content (AvgIpc) is 2.79. The van der Waals surface area contributed by atoms with Gasteiger partial charge in [-0.2, -0.15) is 0 Å². The molecule has 6 nitrogen and oxygen atoms in total. The highest BCUT2D eigenvalue weighted by Crippen LogP contribution is 2.26. The molecule has 0 aliphatic carbocycles. The van der Waals surface area contributed by atoms with E-state index in [4.69, 9.17) is 28.2 Å². The highest BCUT2D eigenvalue weighted by molar-refractivity contribution is 7.98. The van der Waals surface area contributed by atoms with Gasteiger partial charge in [-0.25, -0.2) is 9.97 Å². The van der Waals surface area contributed by atoms with Gasteiger partial charge in [0.15, 0.2) is 5.16 Å². The van der Waals surface area contributed by atoms with Gasteiger partial charge in [0.2, 0.25) is 0 Å². The Morgan fingerprint density at radius 1 is 0.939 bits per heavy atom. The normalized spacial score (nSPS) is 11.4. The molecule has 0 saturated carbocycles. The fraction of sp³-hybridized carbons (Fsp3) is 0.0833. The van der Waals surface area contributed by atoms with Gasteiger partial charge in [0.05, 0.1) is 27.3 Å². The zero-order valence-corrected chi connectivity index (χ0v) is 19.7. The second-order valence-electron chi connectivity index (χ2n) is 7.43. The molecule has 9 heteroatoms. The Morgan fingerprint density at radius 2 is 1.73 bits per heavy atom. The third-order valence-electron chi connectivity index (χ3n) is 5.18. The van der Waals surface area contributed by atoms with Gasteiger partial charge >= 0.3 is 0 Å². The van der Waals surface area contributed by atoms with Gasteiger partial charge in [-0.1, -0.05) is 53.2 Å². The van der Waals surface area contributed by atoms with Crippen molar-refractivity contribution in [1.82, 2.24) is 18.9 Å². The van der Waals surface area contributed by atoms with Gasteiger partial charge < -0.3 is 0 Å². The van der Waals surface area contributed by atoms with Crippen molar-refractivity contribution in [3.63, 3.8) is 0 Å². The van der Waals surface area contributed by atoms with Crippen molar-refractivity contribution in [2.24, 2.45) is 0 Å². The molecule has 0 atom stereocenters. The molecule has 0 aliphatic heterocycles. The monoisotopic (exact) mass is 494 g/mol. The van der Waals surface area contributed by atoms with Crippen LogP contribution in [0.2, 0.25) is 10.0 Å². The summed E-state index contributed by atoms with van der Waals surface area (Å²) in [5, 5.41) is 1.92. The minimum absolute atomic E-state index is 0.186. The van der Waals surface area contributed by atoms with Crippen LogP contribution in [0.4, 0.5) is 0 Å². The Balaban J connectivity index is 1.63. The van der Waals surface area contributed by atoms with Crippen molar-refractivity contribution in [2.75, 3.05) is 0 Å². The van der Waals surface area contributed by atoms with Crippen LogP contribution in [0, 0.1) is 6.92 Å². The maximum absolute atomic E-state index is 13.5. The molecule has 0 fully saturated rings. The van der Waals surface area contributed by atoms with Crippen LogP contribution in [-0.4, -0.2) is 18.9 Å². The van der Waals surface area contributed by atoms with Crippen LogP contribution < -0.4 is 11.1 Å². The molecule has 0 bridgehead atoms. The molecule has 5 rings (SSSR count). The summed E-state index contributed by atoms with van der Waals surface area (Å²) in [6.07, 6.45) is 1.54. The van der Waals surface area contributed by atoms with E-state index in [1.165, 1.54) is 28.4 Å². The Kier molecular flexibility index (Phi) is 5.70. The second kappa shape index (κ2) is 8.67. The minimum atomic E-state index is -0.229. The maximum Gasteiger partial charge on any atom is 0.266 e. The fourth-order valence-corrected chi connectivity index (χ4v) is 4.83. The zero-order valence-electron chi connectivity index (χ0n) is 17.3. The van der Waals surface area contributed by atoms with E-state index in [1.807, 2.05) is 31.2 Å². The quantitative estimate of drug-likeness (QED) is 0.250. The van der Waals surface area contributed by atoms with Gasteiger partial charge in [0.1, 0.15) is 5.65 Å². The summed E-state index contributed by atoms with van der Waals surface area (Å²) in [6.45, 7) is 1.94. The summed E-state index contributed by atoms with van der Waals surface area (Å²) < 4.78 is 3.00. The molecule has 0 aliphatic rings. The SMILES string of the molecule is Cc1ccccc1-n1c(SCc2cc(=O)n3cc(Cl)ccc3n2)nc2cc(Cl)ccc2c1=O. The molecule has 3 aromatic heterocycles. The number of halogens is 2. The molecule has 0 N–H and O–H groups in total. The molecule has 0 saturated heterocycles. The van der Waals surface area contributed by atoms with Crippen LogP contribution in [0.5, 0.6) is 0 Å². The largest absolute Gasteiger partial charge is 0.269 e. The van der Waals surface area contributed by atoms with Gasteiger partial charge in [0.25, 0.3) is 11.1 Å². The third kappa shape index (κ3) is 4.15. The Bertz CT molecular complexity index is 1660. The number of aryl methyl sites for hydroxylation is 1. The molecule has 3 heterocycles. The first-order valence-electron chi connectivity index (χ1n) is 10.00. The number of benzene rings is 2. The molecule has 2 aromatic carbocycles. The molecule has 33 heavy (non-hydrogen) atoms. The number of hydrogen-bond donors (Lipinski definition) is 0. The summed E-state index contributed by atoms with van der Waals surface area (Å²) >= 11 is 13.5. The summed E-state index contributed by atoms with van der Waals surface area (Å²) in [5.74, 6) is 0.346. The summed E-state index contributed by atoms with van der Waals surface area (Å²) in [5.41, 5.74) is 2.86. The van der Waals surface area contributed by atoms with E-state index >= 15 is 0 Å². The van der Waals surface area contributed by atoms with Crippen LogP contribution in [0.15, 0.2) is 81.6 Å². The van der Waals surface area contributed by atoms with Crippen LogP contribution in [-0.2, 0) is 5.75 Å². The molecule has 0 spiro atoms. The van der Waals surface area contributed by atoms with E-state index in [1.54, 1.807) is 34.9 Å². The van der Waals surface area contributed by atoms with E-state index in [9.17, 15) is 9.59 Å². The van der Waals surface area contributed by atoms with Crippen molar-refractivity contribution in [1.29, 1.82) is 0 Å². The standard InChI is InChI=1S/C24H16Cl2N4O2S/c1-14-4-2-3-5-20(14)30-23(32)18-8-6-15(25)10-19(18)28-24(30)33-13-17-11-22(31)29-12-16(26)7-9-21(29)27-17/h2-12H,13H2,1H3. The molecule has 0 radical (unpaired) electrons. The number of hydrogen-bond acceptors (Lipinski definition) is 5. The van der Waals surface area contributed by atoms with E-state index in [0.717, 1.165) is 11.3 Å². The van der Waals surface area contributed by atoms with Crippen molar-refractivity contribution in [3.05, 3.63) is 109 Å². The number of nitrogens with zero attached hydrogens (tertiary/aromatic N) is 4. The Morgan fingerprint density at radius 3 is 2.55 bits per heavy atom. The first-order valence-corrected chi connectivity index (χ1v) is 11.7. The van der Waals surface area contributed by atoms with Crippen molar-refractivity contribution >= 4 is 51.5 Å². The fourth-order valence-electron chi connectivity index (χ4n) is 3.60. The third-order valence-corrected chi connectivity index (χ3v) is 6.61. The summed E-state index contributed by atoms with van der Waals surface area (Å²) in [4.78, 5) is 35.3. The predicted molar refractivity (Wildman–Crippen MR) is 133 cm³/mol. The first kappa shape index (κ1) is 21.7. The van der Waals surface area contributed by atoms with E-state index in [2.05, 4.69) is 4.98 Å². The Hall–Kier alpha value is -3.13. The number of rotatable bonds is 4. The average molecular weight is 495 g/mol. The lowest BCUT2D eigenvalue weighted by Crippen LogP contribution is -2.22. The summed E-state index contributed by atoms with van der Waals surface area (Å²) in [6, 6.07) is 17.5. The molecular weight excluding hydrogens is 479 g/mol. The zero-order chi connectivity index (χ0) is 23.1. The molecule has 0 unspecified atom stereocenters. The van der Waals surface area contributed by atoms with E-state index in [0.29, 0.717) is 43.2 Å². The molecule has 5 aromatic rings. The maximum atomic E-state index is 13.5. The lowest BCUT2D eigenvalue weighted by atomic mass is 10.2. The van der Waals surface area contributed by atoms with Gasteiger partial charge in [0, 0.05) is 23.0 Å². The highest BCUT2D eigenvalue weighted by Gasteiger charge is 2.16. The molecule has 164 valence electrons. The van der Waals surface area contributed by atoms with Crippen molar-refractivity contribution in [3.8, 4) is 5.69 Å². The van der Waals surface area contributed by atoms with E-state index in [-0.39, 0.29) is 11.1 Å². The smallest absolute Gasteiger partial charge is 0.266 e. The predicted octanol–water partition coefficient (Wildman–Crippen LogP) is 5.30. The number of aromatic nitrogens is 4. The van der Waals surface area contributed by atoms with Crippen LogP contribution in [0.25, 0.3) is 22.2 Å². The Labute approximate surface area is 202 Å². The lowest BCUT2D eigenvalue weighted by molar-refractivity contribution is 0.814. The molecule has 0 amide bonds. The first-order chi connectivity index (χ1) is 15.9. The van der Waals surface area contributed by atoms with Gasteiger partial charge in [-0.05, 0) is 48.9 Å². The number of thioether (sulfide) groups is 1. The van der Waals surface area contributed by atoms with Gasteiger partial charge in [-0.3, -0.25) is 18.6 Å². The second-order valence-corrected chi connectivity index (χ2v) is 9.25. The topological polar surface area (TPSA) is 69.3 Å². The molecular formula is C24H16Cl2N4O2S. The number of fused-ring (bicyclic) bond motifs is 2. The van der Waals surface area contributed by atoms with Crippen LogP contribution >= 0.6 is 35.0 Å². The number of pyridine rings is 1.